The third-order valence-corrected chi connectivity index (χ3v) is 18.8. The maximum atomic E-state index is 14.8. The van der Waals surface area contributed by atoms with Crippen molar-refractivity contribution >= 4 is 43.6 Å². The number of hydrogen-bond acceptors (Lipinski definition) is 6. The second-order valence-corrected chi connectivity index (χ2v) is 25.4. The van der Waals surface area contributed by atoms with Gasteiger partial charge in [-0.05, 0) is 137 Å². The molecule has 0 N–H and O–H groups in total. The molecule has 0 amide bonds. The maximum absolute atomic E-state index is 14.8. The van der Waals surface area contributed by atoms with E-state index in [0.29, 0.717) is 68.3 Å². The van der Waals surface area contributed by atoms with E-state index in [-0.39, 0.29) is 11.1 Å². The van der Waals surface area contributed by atoms with Gasteiger partial charge in [0.2, 0.25) is 0 Å². The lowest BCUT2D eigenvalue weighted by Gasteiger charge is -2.18. The SMILES string of the molecule is Cc1ccc(-c2ccc3c(c2)c2ccccc2n3-c2ccc(-c3cccc(-c4ccc(-n5c6ccccc6c6cc(-c7ccc(C)cc7C(F)(F)F)ccc65)cc4-c4nc(-c5ccccc5)nc(-c5ccccc5)n4)c3)c(-c3nc(-c4ccccc4)nc(-c4ccccc4)n3)c2)c(C(F)(F)F)c1. The van der Waals surface area contributed by atoms with Crippen molar-refractivity contribution in [2.24, 2.45) is 0 Å². The van der Waals surface area contributed by atoms with Gasteiger partial charge in [0.25, 0.3) is 0 Å². The van der Waals surface area contributed by atoms with E-state index in [2.05, 4.69) is 63.7 Å². The van der Waals surface area contributed by atoms with Crippen LogP contribution in [-0.2, 0) is 12.4 Å². The molecule has 17 rings (SSSR count). The Bertz CT molecular complexity index is 5640. The molecule has 0 aliphatic carbocycles. The first-order chi connectivity index (χ1) is 49.6. The number of nitrogens with zero attached hydrogens (tertiary/aromatic N) is 8. The largest absolute Gasteiger partial charge is 0.417 e. The van der Waals surface area contributed by atoms with Crippen LogP contribution in [0.2, 0.25) is 0 Å². The molecule has 102 heavy (non-hydrogen) atoms. The topological polar surface area (TPSA) is 87.2 Å². The average molecular weight is 1340 g/mol. The minimum absolute atomic E-state index is 0.0937. The van der Waals surface area contributed by atoms with E-state index in [9.17, 15) is 26.3 Å². The Morgan fingerprint density at radius 3 is 0.892 bits per heavy atom. The number of aromatic nitrogens is 8. The second-order valence-electron chi connectivity index (χ2n) is 25.4. The van der Waals surface area contributed by atoms with E-state index < -0.39 is 23.5 Å². The van der Waals surface area contributed by atoms with Gasteiger partial charge in [0, 0.05) is 66.3 Å². The van der Waals surface area contributed by atoms with Crippen molar-refractivity contribution < 1.29 is 26.3 Å². The minimum atomic E-state index is -4.58. The number of fused-ring (bicyclic) bond motifs is 6. The Hall–Kier alpha value is -12.9. The van der Waals surface area contributed by atoms with E-state index >= 15 is 0 Å². The fourth-order valence-corrected chi connectivity index (χ4v) is 14.1. The van der Waals surface area contributed by atoms with Crippen LogP contribution in [0.3, 0.4) is 0 Å². The van der Waals surface area contributed by atoms with Gasteiger partial charge >= 0.3 is 12.4 Å². The van der Waals surface area contributed by atoms with Crippen LogP contribution in [0.4, 0.5) is 26.3 Å². The van der Waals surface area contributed by atoms with E-state index in [0.717, 1.165) is 99.5 Å². The fourth-order valence-electron chi connectivity index (χ4n) is 14.1. The van der Waals surface area contributed by atoms with Gasteiger partial charge in [-0.15, -0.1) is 0 Å². The second kappa shape index (κ2) is 25.1. The number of para-hydroxylation sites is 2. The van der Waals surface area contributed by atoms with Crippen molar-refractivity contribution in [1.29, 1.82) is 0 Å². The zero-order valence-electron chi connectivity index (χ0n) is 54.7. The van der Waals surface area contributed by atoms with E-state index in [1.165, 1.54) is 12.1 Å². The summed E-state index contributed by atoms with van der Waals surface area (Å²) in [4.78, 5) is 31.5. The molecule has 0 saturated heterocycles. The molecule has 0 fully saturated rings. The molecule has 0 aliphatic heterocycles. The maximum Gasteiger partial charge on any atom is 0.417 e. The van der Waals surface area contributed by atoms with Crippen molar-refractivity contribution in [2.75, 3.05) is 0 Å². The Balaban J connectivity index is 0.885. The zero-order chi connectivity index (χ0) is 69.4. The first kappa shape index (κ1) is 62.6. The van der Waals surface area contributed by atoms with Crippen LogP contribution in [0.1, 0.15) is 22.3 Å². The van der Waals surface area contributed by atoms with E-state index in [4.69, 9.17) is 29.9 Å². The van der Waals surface area contributed by atoms with Gasteiger partial charge in [-0.1, -0.05) is 236 Å². The first-order valence-corrected chi connectivity index (χ1v) is 33.2. The van der Waals surface area contributed by atoms with Gasteiger partial charge in [-0.25, -0.2) is 29.9 Å². The number of benzene rings is 13. The monoisotopic (exact) mass is 1340 g/mol. The van der Waals surface area contributed by atoms with E-state index in [1.807, 2.05) is 200 Å². The van der Waals surface area contributed by atoms with Crippen LogP contribution in [0.25, 0.3) is 168 Å². The molecule has 0 aliphatic rings. The van der Waals surface area contributed by atoms with Crippen molar-refractivity contribution in [3.63, 3.8) is 0 Å². The Labute approximate surface area is 581 Å². The van der Waals surface area contributed by atoms with Crippen LogP contribution in [0.15, 0.2) is 303 Å². The molecular weight excluding hydrogens is 1280 g/mol. The standard InChI is InChI=1S/C88H56F6N8/c1-53-34-40-67(75(46-53)87(89,90)91)61-36-44-79-71(49-61)69-30-15-17-32-77(69)101(79)63-38-42-65(73(51-63)85-97-81(55-20-7-3-8-21-55)95-82(98-85)56-22-9-4-10-23-56)59-28-19-29-60(48-59)66-43-39-64(52-74(66)86-99-83(57-24-11-5-12-25-57)96-84(100-86)58-26-13-6-14-27-58)102-78-33-18-16-31-70(78)72-50-62(37-45-80(72)102)68-41-35-54(2)47-76(68)88(92,93)94/h3-52H,1-2H3. The van der Waals surface area contributed by atoms with Gasteiger partial charge in [0.05, 0.1) is 33.2 Å². The molecular formula is C88H56F6N8. The minimum Gasteiger partial charge on any atom is -0.309 e. The summed E-state index contributed by atoms with van der Waals surface area (Å²) in [6.07, 6.45) is -9.16. The molecule has 0 radical (unpaired) electrons. The number of halogens is 6. The van der Waals surface area contributed by atoms with Crippen molar-refractivity contribution in [1.82, 2.24) is 39.0 Å². The summed E-state index contributed by atoms with van der Waals surface area (Å²) >= 11 is 0. The Morgan fingerprint density at radius 2 is 0.529 bits per heavy atom. The third kappa shape index (κ3) is 11.5. The summed E-state index contributed by atoms with van der Waals surface area (Å²) in [5, 5.41) is 3.25. The lowest BCUT2D eigenvalue weighted by Crippen LogP contribution is -2.07. The molecule has 4 heterocycles. The van der Waals surface area contributed by atoms with Gasteiger partial charge in [0.15, 0.2) is 34.9 Å². The van der Waals surface area contributed by atoms with Crippen LogP contribution >= 0.6 is 0 Å². The fraction of sp³-hybridized carbons (Fsp3) is 0.0455. The number of hydrogen-bond donors (Lipinski definition) is 0. The molecule has 14 heteroatoms. The highest BCUT2D eigenvalue weighted by atomic mass is 19.4. The molecule has 17 aromatic rings. The van der Waals surface area contributed by atoms with Crippen LogP contribution in [-0.4, -0.2) is 39.0 Å². The van der Waals surface area contributed by atoms with Crippen molar-refractivity contribution in [2.45, 2.75) is 26.2 Å². The third-order valence-electron chi connectivity index (χ3n) is 18.8. The highest BCUT2D eigenvalue weighted by molar-refractivity contribution is 6.12. The van der Waals surface area contributed by atoms with Gasteiger partial charge in [-0.2, -0.15) is 26.3 Å². The van der Waals surface area contributed by atoms with Crippen molar-refractivity contribution in [3.8, 4) is 124 Å². The molecule has 13 aromatic carbocycles. The highest BCUT2D eigenvalue weighted by Gasteiger charge is 2.36. The normalized spacial score (nSPS) is 11.9. The van der Waals surface area contributed by atoms with Crippen LogP contribution < -0.4 is 0 Å². The molecule has 490 valence electrons. The molecule has 0 bridgehead atoms. The van der Waals surface area contributed by atoms with Crippen molar-refractivity contribution in [3.05, 3.63) is 326 Å². The predicted molar refractivity (Wildman–Crippen MR) is 396 cm³/mol. The van der Waals surface area contributed by atoms with E-state index in [1.54, 1.807) is 50.2 Å². The van der Waals surface area contributed by atoms with Gasteiger partial charge in [-0.3, -0.25) is 0 Å². The summed E-state index contributed by atoms with van der Waals surface area (Å²) in [6.45, 7) is 3.32. The number of alkyl halides is 6. The zero-order valence-corrected chi connectivity index (χ0v) is 54.7. The summed E-state index contributed by atoms with van der Waals surface area (Å²) in [6, 6.07) is 95.5. The molecule has 0 saturated carbocycles. The summed E-state index contributed by atoms with van der Waals surface area (Å²) in [7, 11) is 0. The smallest absolute Gasteiger partial charge is 0.309 e. The highest BCUT2D eigenvalue weighted by Crippen LogP contribution is 2.46. The molecule has 0 atom stereocenters. The predicted octanol–water partition coefficient (Wildman–Crippen LogP) is 23.6. The molecule has 8 nitrogen and oxygen atoms in total. The van der Waals surface area contributed by atoms with Crippen LogP contribution in [0, 0.1) is 13.8 Å². The number of rotatable bonds is 12. The molecule has 0 unspecified atom stereocenters. The lowest BCUT2D eigenvalue weighted by atomic mass is 9.92. The molecule has 0 spiro atoms. The summed E-state index contributed by atoms with van der Waals surface area (Å²) in [5.41, 5.74) is 13.1. The van der Waals surface area contributed by atoms with Gasteiger partial charge in [0.1, 0.15) is 0 Å². The molecule has 4 aromatic heterocycles. The van der Waals surface area contributed by atoms with Gasteiger partial charge < -0.3 is 9.13 Å². The number of aryl methyl sites for hydroxylation is 2. The Morgan fingerprint density at radius 1 is 0.225 bits per heavy atom. The lowest BCUT2D eigenvalue weighted by molar-refractivity contribution is -0.137. The Kier molecular flexibility index (Phi) is 15.4. The quantitative estimate of drug-likeness (QED) is 0.113. The summed E-state index contributed by atoms with van der Waals surface area (Å²) < 4.78 is 93.1. The first-order valence-electron chi connectivity index (χ1n) is 33.2. The van der Waals surface area contributed by atoms with Crippen LogP contribution in [0.5, 0.6) is 0 Å². The average Bonchev–Trinajstić information content (AvgIpc) is 1.55. The summed E-state index contributed by atoms with van der Waals surface area (Å²) in [5.74, 6) is 2.62.